The summed E-state index contributed by atoms with van der Waals surface area (Å²) in [4.78, 5) is 25.3. The maximum absolute atomic E-state index is 12.2. The highest BCUT2D eigenvalue weighted by Crippen LogP contribution is 2.30. The molecule has 0 spiro atoms. The fourth-order valence-corrected chi connectivity index (χ4v) is 2.72. The second-order valence-corrected chi connectivity index (χ2v) is 6.65. The average Bonchev–Trinajstić information content (AvgIpc) is 2.70. The van der Waals surface area contributed by atoms with Crippen LogP contribution in [0.15, 0.2) is 48.5 Å². The largest absolute Gasteiger partial charge is 0.482 e. The van der Waals surface area contributed by atoms with Crippen LogP contribution in [0.25, 0.3) is 11.1 Å². The number of benzene rings is 2. The molecule has 0 unspecified atom stereocenters. The number of likely N-dealkylation sites (N-methyl/N-ethyl adjacent to an activating group) is 1. The third-order valence-corrected chi connectivity index (χ3v) is 4.34. The highest BCUT2D eigenvalue weighted by molar-refractivity contribution is 6.32. The first-order chi connectivity index (χ1) is 13.5. The lowest BCUT2D eigenvalue weighted by molar-refractivity contribution is -0.136. The summed E-state index contributed by atoms with van der Waals surface area (Å²) in [5.74, 6) is -0.112. The molecule has 2 aromatic carbocycles. The number of rotatable bonds is 10. The van der Waals surface area contributed by atoms with Crippen molar-refractivity contribution in [2.75, 3.05) is 40.5 Å². The van der Waals surface area contributed by atoms with Crippen LogP contribution in [0.4, 0.5) is 0 Å². The molecule has 0 fully saturated rings. The van der Waals surface area contributed by atoms with E-state index in [1.54, 1.807) is 26.3 Å². The van der Waals surface area contributed by atoms with E-state index in [1.165, 1.54) is 4.90 Å². The molecule has 2 aromatic rings. The second kappa shape index (κ2) is 11.3. The molecular weight excluding hydrogens is 380 g/mol. The number of hydrogen-bond acceptors (Lipinski definition) is 4. The zero-order valence-electron chi connectivity index (χ0n) is 16.1. The molecule has 0 heterocycles. The van der Waals surface area contributed by atoms with E-state index in [1.807, 2.05) is 36.4 Å². The topological polar surface area (TPSA) is 67.9 Å². The Morgan fingerprint density at radius 2 is 1.86 bits per heavy atom. The first kappa shape index (κ1) is 21.7. The SMILES string of the molecule is COCCCNC(=O)CN(C)C(=O)COc1ccc(-c2ccccc2)cc1Cl. The molecular formula is C21H25ClN2O4. The summed E-state index contributed by atoms with van der Waals surface area (Å²) in [5.41, 5.74) is 2.01. The predicted molar refractivity (Wildman–Crippen MR) is 110 cm³/mol. The minimum Gasteiger partial charge on any atom is -0.482 e. The van der Waals surface area contributed by atoms with E-state index < -0.39 is 0 Å². The fourth-order valence-electron chi connectivity index (χ4n) is 2.48. The van der Waals surface area contributed by atoms with Crippen molar-refractivity contribution in [3.63, 3.8) is 0 Å². The number of halogens is 1. The molecule has 28 heavy (non-hydrogen) atoms. The Morgan fingerprint density at radius 3 is 2.54 bits per heavy atom. The first-order valence-corrected chi connectivity index (χ1v) is 9.36. The maximum Gasteiger partial charge on any atom is 0.260 e. The van der Waals surface area contributed by atoms with E-state index >= 15 is 0 Å². The van der Waals surface area contributed by atoms with E-state index in [2.05, 4.69) is 5.32 Å². The lowest BCUT2D eigenvalue weighted by Crippen LogP contribution is -2.40. The molecule has 7 heteroatoms. The van der Waals surface area contributed by atoms with Crippen molar-refractivity contribution in [2.45, 2.75) is 6.42 Å². The van der Waals surface area contributed by atoms with Crippen molar-refractivity contribution in [1.29, 1.82) is 0 Å². The van der Waals surface area contributed by atoms with E-state index in [9.17, 15) is 9.59 Å². The summed E-state index contributed by atoms with van der Waals surface area (Å²) >= 11 is 6.29. The summed E-state index contributed by atoms with van der Waals surface area (Å²) in [6, 6.07) is 15.3. The van der Waals surface area contributed by atoms with Gasteiger partial charge < -0.3 is 19.7 Å². The molecule has 2 amide bonds. The van der Waals surface area contributed by atoms with Crippen LogP contribution < -0.4 is 10.1 Å². The van der Waals surface area contributed by atoms with Crippen LogP contribution in [0.5, 0.6) is 5.75 Å². The van der Waals surface area contributed by atoms with Crippen molar-refractivity contribution >= 4 is 23.4 Å². The Labute approximate surface area is 170 Å². The van der Waals surface area contributed by atoms with Crippen molar-refractivity contribution in [2.24, 2.45) is 0 Å². The number of nitrogens with one attached hydrogen (secondary N) is 1. The third-order valence-electron chi connectivity index (χ3n) is 4.04. The highest BCUT2D eigenvalue weighted by Gasteiger charge is 2.14. The Balaban J connectivity index is 1.82. The van der Waals surface area contributed by atoms with Gasteiger partial charge in [-0.05, 0) is 29.7 Å². The summed E-state index contributed by atoms with van der Waals surface area (Å²) in [6.07, 6.45) is 0.723. The van der Waals surface area contributed by atoms with E-state index in [-0.39, 0.29) is 25.0 Å². The van der Waals surface area contributed by atoms with Crippen LogP contribution >= 0.6 is 11.6 Å². The van der Waals surface area contributed by atoms with Gasteiger partial charge in [-0.3, -0.25) is 9.59 Å². The second-order valence-electron chi connectivity index (χ2n) is 6.25. The van der Waals surface area contributed by atoms with Crippen LogP contribution in [0, 0.1) is 0 Å². The molecule has 0 bridgehead atoms. The van der Waals surface area contributed by atoms with Gasteiger partial charge in [0.1, 0.15) is 5.75 Å². The quantitative estimate of drug-likeness (QED) is 0.618. The van der Waals surface area contributed by atoms with Crippen molar-refractivity contribution in [3.05, 3.63) is 53.6 Å². The van der Waals surface area contributed by atoms with Crippen LogP contribution in [-0.4, -0.2) is 57.2 Å². The Kier molecular flexibility index (Phi) is 8.78. The molecule has 0 saturated heterocycles. The monoisotopic (exact) mass is 404 g/mol. The molecule has 6 nitrogen and oxygen atoms in total. The summed E-state index contributed by atoms with van der Waals surface area (Å²) in [7, 11) is 3.16. The highest BCUT2D eigenvalue weighted by atomic mass is 35.5. The van der Waals surface area contributed by atoms with Gasteiger partial charge in [-0.15, -0.1) is 0 Å². The number of hydrogen-bond donors (Lipinski definition) is 1. The zero-order valence-corrected chi connectivity index (χ0v) is 16.9. The molecule has 0 atom stereocenters. The van der Waals surface area contributed by atoms with Crippen LogP contribution in [0.2, 0.25) is 5.02 Å². The van der Waals surface area contributed by atoms with Gasteiger partial charge in [0.2, 0.25) is 5.91 Å². The summed E-state index contributed by atoms with van der Waals surface area (Å²) in [6.45, 7) is 0.856. The van der Waals surface area contributed by atoms with Gasteiger partial charge in [0.05, 0.1) is 11.6 Å². The molecule has 0 radical (unpaired) electrons. The fraction of sp³-hybridized carbons (Fsp3) is 0.333. The maximum atomic E-state index is 12.2. The van der Waals surface area contributed by atoms with Crippen LogP contribution in [-0.2, 0) is 14.3 Å². The number of carbonyl (C=O) groups is 2. The van der Waals surface area contributed by atoms with Gasteiger partial charge in [0.15, 0.2) is 6.61 Å². The van der Waals surface area contributed by atoms with Crippen LogP contribution in [0.3, 0.4) is 0 Å². The van der Waals surface area contributed by atoms with Gasteiger partial charge in [0.25, 0.3) is 5.91 Å². The molecule has 0 saturated carbocycles. The molecule has 0 aliphatic rings. The number of nitrogens with zero attached hydrogens (tertiary/aromatic N) is 1. The van der Waals surface area contributed by atoms with Crippen LogP contribution in [0.1, 0.15) is 6.42 Å². The minimum absolute atomic E-state index is 0.0319. The molecule has 1 N–H and O–H groups in total. The Morgan fingerprint density at radius 1 is 1.11 bits per heavy atom. The van der Waals surface area contributed by atoms with Gasteiger partial charge in [-0.2, -0.15) is 0 Å². The molecule has 0 aliphatic carbocycles. The van der Waals surface area contributed by atoms with Crippen molar-refractivity contribution < 1.29 is 19.1 Å². The smallest absolute Gasteiger partial charge is 0.260 e. The predicted octanol–water partition coefficient (Wildman–Crippen LogP) is 3.00. The Bertz CT molecular complexity index is 783. The zero-order chi connectivity index (χ0) is 20.4. The first-order valence-electron chi connectivity index (χ1n) is 8.98. The minimum atomic E-state index is -0.310. The van der Waals surface area contributed by atoms with Crippen molar-refractivity contribution in [1.82, 2.24) is 10.2 Å². The van der Waals surface area contributed by atoms with E-state index in [0.717, 1.165) is 17.5 Å². The summed E-state index contributed by atoms with van der Waals surface area (Å²) in [5, 5.41) is 3.16. The number of carbonyl (C=O) groups excluding carboxylic acids is 2. The normalized spacial score (nSPS) is 10.4. The molecule has 0 aliphatic heterocycles. The molecule has 0 aromatic heterocycles. The number of methoxy groups -OCH3 is 1. The standard InChI is InChI=1S/C21H25ClN2O4/c1-24(14-20(25)23-11-6-12-27-2)21(26)15-28-19-10-9-17(13-18(19)22)16-7-4-3-5-8-16/h3-5,7-10,13H,6,11-12,14-15H2,1-2H3,(H,23,25). The third kappa shape index (κ3) is 6.87. The number of amides is 2. The van der Waals surface area contributed by atoms with E-state index in [4.69, 9.17) is 21.1 Å². The van der Waals surface area contributed by atoms with Gasteiger partial charge in [-0.25, -0.2) is 0 Å². The lowest BCUT2D eigenvalue weighted by atomic mass is 10.1. The summed E-state index contributed by atoms with van der Waals surface area (Å²) < 4.78 is 10.4. The average molecular weight is 405 g/mol. The van der Waals surface area contributed by atoms with Gasteiger partial charge in [0, 0.05) is 27.3 Å². The van der Waals surface area contributed by atoms with E-state index in [0.29, 0.717) is 23.9 Å². The molecule has 2 rings (SSSR count). The van der Waals surface area contributed by atoms with Crippen molar-refractivity contribution in [3.8, 4) is 16.9 Å². The molecule has 150 valence electrons. The lowest BCUT2D eigenvalue weighted by Gasteiger charge is -2.17. The van der Waals surface area contributed by atoms with Gasteiger partial charge >= 0.3 is 0 Å². The Hall–Kier alpha value is -2.57. The van der Waals surface area contributed by atoms with Gasteiger partial charge in [-0.1, -0.05) is 48.0 Å². The number of ether oxygens (including phenoxy) is 2.